The van der Waals surface area contributed by atoms with Crippen molar-refractivity contribution in [1.29, 1.82) is 0 Å². The van der Waals surface area contributed by atoms with Gasteiger partial charge in [0.1, 0.15) is 5.75 Å². The SMILES string of the molecule is CCCOc1ccc(Nc2nc(CC)cc(=O)[nH]2)cc1. The standard InChI is InChI=1S/C15H19N3O2/c1-3-9-20-13-7-5-12(6-8-13)17-15-16-11(4-2)10-14(19)18-15/h5-8,10H,3-4,9H2,1-2H3,(H2,16,17,18,19). The number of rotatable bonds is 6. The monoisotopic (exact) mass is 273 g/mol. The molecule has 0 radical (unpaired) electrons. The Morgan fingerprint density at radius 2 is 2.00 bits per heavy atom. The fourth-order valence-electron chi connectivity index (χ4n) is 1.74. The molecule has 20 heavy (non-hydrogen) atoms. The van der Waals surface area contributed by atoms with Gasteiger partial charge < -0.3 is 10.1 Å². The largest absolute Gasteiger partial charge is 0.494 e. The van der Waals surface area contributed by atoms with Gasteiger partial charge in [0.15, 0.2) is 0 Å². The van der Waals surface area contributed by atoms with Gasteiger partial charge in [-0.15, -0.1) is 0 Å². The second kappa shape index (κ2) is 6.75. The summed E-state index contributed by atoms with van der Waals surface area (Å²) in [6.07, 6.45) is 1.71. The van der Waals surface area contributed by atoms with Crippen molar-refractivity contribution < 1.29 is 4.74 Å². The van der Waals surface area contributed by atoms with Crippen LogP contribution in [0.1, 0.15) is 26.0 Å². The van der Waals surface area contributed by atoms with E-state index < -0.39 is 0 Å². The third-order valence-electron chi connectivity index (χ3n) is 2.75. The van der Waals surface area contributed by atoms with Crippen LogP contribution in [-0.2, 0) is 6.42 Å². The predicted molar refractivity (Wildman–Crippen MR) is 79.7 cm³/mol. The van der Waals surface area contributed by atoms with Crippen LogP contribution >= 0.6 is 0 Å². The van der Waals surface area contributed by atoms with E-state index in [0.29, 0.717) is 12.6 Å². The molecule has 0 atom stereocenters. The highest BCUT2D eigenvalue weighted by molar-refractivity contribution is 5.54. The summed E-state index contributed by atoms with van der Waals surface area (Å²) in [5.41, 5.74) is 1.46. The Morgan fingerprint density at radius 3 is 2.65 bits per heavy atom. The Bertz CT molecular complexity index is 605. The summed E-state index contributed by atoms with van der Waals surface area (Å²) in [4.78, 5) is 18.5. The predicted octanol–water partition coefficient (Wildman–Crippen LogP) is 2.86. The average Bonchev–Trinajstić information content (AvgIpc) is 2.46. The molecule has 1 aromatic heterocycles. The van der Waals surface area contributed by atoms with E-state index in [1.807, 2.05) is 31.2 Å². The van der Waals surface area contributed by atoms with E-state index in [0.717, 1.165) is 30.0 Å². The van der Waals surface area contributed by atoms with Crippen molar-refractivity contribution in [3.8, 4) is 5.75 Å². The molecule has 5 heteroatoms. The zero-order valence-corrected chi connectivity index (χ0v) is 11.8. The lowest BCUT2D eigenvalue weighted by atomic mass is 10.3. The van der Waals surface area contributed by atoms with E-state index in [1.165, 1.54) is 6.07 Å². The highest BCUT2D eigenvalue weighted by Crippen LogP contribution is 2.18. The second-order valence-electron chi connectivity index (χ2n) is 4.44. The molecule has 0 bridgehead atoms. The van der Waals surface area contributed by atoms with Gasteiger partial charge in [-0.3, -0.25) is 9.78 Å². The fourth-order valence-corrected chi connectivity index (χ4v) is 1.74. The van der Waals surface area contributed by atoms with E-state index in [1.54, 1.807) is 0 Å². The van der Waals surface area contributed by atoms with Gasteiger partial charge in [0, 0.05) is 17.4 Å². The lowest BCUT2D eigenvalue weighted by molar-refractivity contribution is 0.317. The van der Waals surface area contributed by atoms with Crippen LogP contribution in [0.4, 0.5) is 11.6 Å². The Labute approximate surface area is 118 Å². The minimum Gasteiger partial charge on any atom is -0.494 e. The number of nitrogens with one attached hydrogen (secondary N) is 2. The lowest BCUT2D eigenvalue weighted by Crippen LogP contribution is -2.11. The molecule has 0 saturated carbocycles. The molecule has 0 saturated heterocycles. The van der Waals surface area contributed by atoms with Crippen molar-refractivity contribution in [3.05, 3.63) is 46.4 Å². The number of benzene rings is 1. The van der Waals surface area contributed by atoms with E-state index in [4.69, 9.17) is 4.74 Å². The number of anilines is 2. The van der Waals surface area contributed by atoms with Gasteiger partial charge in [-0.1, -0.05) is 13.8 Å². The maximum atomic E-state index is 11.5. The average molecular weight is 273 g/mol. The van der Waals surface area contributed by atoms with Crippen LogP contribution in [0, 0.1) is 0 Å². The Morgan fingerprint density at radius 1 is 1.25 bits per heavy atom. The molecule has 0 aliphatic heterocycles. The number of aromatic amines is 1. The maximum Gasteiger partial charge on any atom is 0.252 e. The first kappa shape index (κ1) is 14.1. The minimum atomic E-state index is -0.151. The van der Waals surface area contributed by atoms with E-state index in [2.05, 4.69) is 22.2 Å². The topological polar surface area (TPSA) is 67.0 Å². The van der Waals surface area contributed by atoms with E-state index >= 15 is 0 Å². The Hall–Kier alpha value is -2.30. The molecule has 0 aliphatic rings. The minimum absolute atomic E-state index is 0.151. The molecule has 0 spiro atoms. The van der Waals surface area contributed by atoms with Crippen LogP contribution in [0.2, 0.25) is 0 Å². The van der Waals surface area contributed by atoms with E-state index in [9.17, 15) is 4.79 Å². The number of hydrogen-bond donors (Lipinski definition) is 2. The summed E-state index contributed by atoms with van der Waals surface area (Å²) >= 11 is 0. The molecule has 2 N–H and O–H groups in total. The third kappa shape index (κ3) is 3.85. The molecule has 1 heterocycles. The molecule has 0 aliphatic carbocycles. The molecular formula is C15H19N3O2. The normalized spacial score (nSPS) is 10.3. The summed E-state index contributed by atoms with van der Waals surface area (Å²) in [5, 5.41) is 3.08. The highest BCUT2D eigenvalue weighted by Gasteiger charge is 2.01. The molecule has 0 unspecified atom stereocenters. The van der Waals surface area contributed by atoms with Gasteiger partial charge in [0.05, 0.1) is 6.61 Å². The number of ether oxygens (including phenoxy) is 1. The van der Waals surface area contributed by atoms with Crippen LogP contribution in [0.5, 0.6) is 5.75 Å². The highest BCUT2D eigenvalue weighted by atomic mass is 16.5. The van der Waals surface area contributed by atoms with Crippen LogP contribution in [0.3, 0.4) is 0 Å². The van der Waals surface area contributed by atoms with Gasteiger partial charge in [0.25, 0.3) is 5.56 Å². The first-order valence-corrected chi connectivity index (χ1v) is 6.81. The third-order valence-corrected chi connectivity index (χ3v) is 2.75. The molecule has 2 rings (SSSR count). The van der Waals surface area contributed by atoms with Gasteiger partial charge in [-0.05, 0) is 37.1 Å². The quantitative estimate of drug-likeness (QED) is 0.849. The first-order chi connectivity index (χ1) is 9.71. The Balaban J connectivity index is 2.09. The van der Waals surface area contributed by atoms with Crippen molar-refractivity contribution in [2.45, 2.75) is 26.7 Å². The summed E-state index contributed by atoms with van der Waals surface area (Å²) in [5.74, 6) is 1.29. The number of nitrogens with zero attached hydrogens (tertiary/aromatic N) is 1. The van der Waals surface area contributed by atoms with Crippen molar-refractivity contribution in [2.75, 3.05) is 11.9 Å². The van der Waals surface area contributed by atoms with Crippen LogP contribution in [-0.4, -0.2) is 16.6 Å². The summed E-state index contributed by atoms with van der Waals surface area (Å²) in [7, 11) is 0. The first-order valence-electron chi connectivity index (χ1n) is 6.81. The maximum absolute atomic E-state index is 11.5. The van der Waals surface area contributed by atoms with Crippen molar-refractivity contribution >= 4 is 11.6 Å². The summed E-state index contributed by atoms with van der Waals surface area (Å²) in [6, 6.07) is 9.07. The molecule has 1 aromatic carbocycles. The number of aromatic nitrogens is 2. The van der Waals surface area contributed by atoms with E-state index in [-0.39, 0.29) is 5.56 Å². The van der Waals surface area contributed by atoms with Gasteiger partial charge >= 0.3 is 0 Å². The molecule has 5 nitrogen and oxygen atoms in total. The lowest BCUT2D eigenvalue weighted by Gasteiger charge is -2.08. The Kier molecular flexibility index (Phi) is 4.76. The smallest absolute Gasteiger partial charge is 0.252 e. The zero-order valence-electron chi connectivity index (χ0n) is 11.8. The number of H-pyrrole nitrogens is 1. The fraction of sp³-hybridized carbons (Fsp3) is 0.333. The molecule has 0 fully saturated rings. The van der Waals surface area contributed by atoms with Crippen molar-refractivity contribution in [2.24, 2.45) is 0 Å². The number of aryl methyl sites for hydroxylation is 1. The zero-order chi connectivity index (χ0) is 14.4. The molecule has 2 aromatic rings. The molecular weight excluding hydrogens is 254 g/mol. The molecule has 0 amide bonds. The summed E-state index contributed by atoms with van der Waals surface area (Å²) < 4.78 is 5.51. The van der Waals surface area contributed by atoms with Crippen LogP contribution in [0.25, 0.3) is 0 Å². The van der Waals surface area contributed by atoms with Crippen LogP contribution < -0.4 is 15.6 Å². The molecule has 106 valence electrons. The van der Waals surface area contributed by atoms with Crippen molar-refractivity contribution in [1.82, 2.24) is 9.97 Å². The van der Waals surface area contributed by atoms with Crippen molar-refractivity contribution in [3.63, 3.8) is 0 Å². The van der Waals surface area contributed by atoms with Gasteiger partial charge in [0.2, 0.25) is 5.95 Å². The number of hydrogen-bond acceptors (Lipinski definition) is 4. The second-order valence-corrected chi connectivity index (χ2v) is 4.44. The van der Waals surface area contributed by atoms with Crippen LogP contribution in [0.15, 0.2) is 35.1 Å². The van der Waals surface area contributed by atoms with Gasteiger partial charge in [-0.2, -0.15) is 0 Å². The summed E-state index contributed by atoms with van der Waals surface area (Å²) in [6.45, 7) is 4.74. The van der Waals surface area contributed by atoms with Gasteiger partial charge in [-0.25, -0.2) is 4.98 Å².